The minimum absolute atomic E-state index is 0.0227. The fraction of sp³-hybridized carbons (Fsp3) is 0.385. The van der Waals surface area contributed by atoms with Crippen LogP contribution in [0.5, 0.6) is 0 Å². The normalized spacial score (nSPS) is 16.6. The minimum atomic E-state index is -0.713. The highest BCUT2D eigenvalue weighted by Crippen LogP contribution is 2.40. The van der Waals surface area contributed by atoms with Gasteiger partial charge in [-0.3, -0.25) is 14.6 Å². The van der Waals surface area contributed by atoms with Gasteiger partial charge in [0.2, 0.25) is 18.0 Å². The Hall–Kier alpha value is -3.26. The molecule has 0 radical (unpaired) electrons. The molecule has 3 aromatic rings. The number of rotatable bonds is 7. The Morgan fingerprint density at radius 1 is 1.24 bits per heavy atom. The molecule has 0 spiro atoms. The molecule has 0 aliphatic carbocycles. The van der Waals surface area contributed by atoms with Crippen molar-refractivity contribution < 1.29 is 19.3 Å². The van der Waals surface area contributed by atoms with Crippen LogP contribution in [-0.4, -0.2) is 33.1 Å². The van der Waals surface area contributed by atoms with Gasteiger partial charge in [-0.1, -0.05) is 45.0 Å². The molecule has 1 amide bonds. The smallest absolute Gasteiger partial charge is 0.241 e. The number of amides is 1. The molecule has 1 unspecified atom stereocenters. The maximum absolute atomic E-state index is 13.6. The largest absolute Gasteiger partial charge is 0.868 e. The van der Waals surface area contributed by atoms with Gasteiger partial charge in [0.05, 0.1) is 28.2 Å². The first-order valence-corrected chi connectivity index (χ1v) is 12.2. The van der Waals surface area contributed by atoms with Crippen LogP contribution in [-0.2, 0) is 16.8 Å². The van der Waals surface area contributed by atoms with Gasteiger partial charge in [-0.25, -0.2) is 9.55 Å². The van der Waals surface area contributed by atoms with Gasteiger partial charge in [-0.15, -0.1) is 11.3 Å². The first-order valence-electron chi connectivity index (χ1n) is 11.4. The summed E-state index contributed by atoms with van der Waals surface area (Å²) in [7, 11) is 0. The molecule has 0 saturated carbocycles. The molecule has 0 fully saturated rings. The van der Waals surface area contributed by atoms with Crippen molar-refractivity contribution in [2.45, 2.75) is 59.0 Å². The lowest BCUT2D eigenvalue weighted by atomic mass is 9.85. The fourth-order valence-corrected chi connectivity index (χ4v) is 5.23. The van der Waals surface area contributed by atoms with Crippen LogP contribution in [0.15, 0.2) is 54.3 Å². The third kappa shape index (κ3) is 4.55. The van der Waals surface area contributed by atoms with Gasteiger partial charge in [0.15, 0.2) is 0 Å². The SMILES string of the molecule is Cc1nc(C)c(C(=O)C2=C([O-])C(=O)N(CCC[n+]3cc[nH]c3)C2c2ccc(C(C)(C)C)cc2)s1. The van der Waals surface area contributed by atoms with Crippen molar-refractivity contribution >= 4 is 23.0 Å². The summed E-state index contributed by atoms with van der Waals surface area (Å²) in [6.07, 6.45) is 6.23. The van der Waals surface area contributed by atoms with E-state index in [1.807, 2.05) is 54.5 Å². The number of aromatic nitrogens is 3. The molecule has 8 heteroatoms. The average molecular weight is 479 g/mol. The van der Waals surface area contributed by atoms with E-state index in [1.165, 1.54) is 11.3 Å². The summed E-state index contributed by atoms with van der Waals surface area (Å²) in [5.41, 5.74) is 2.49. The number of nitrogens with zero attached hydrogens (tertiary/aromatic N) is 3. The number of H-pyrrole nitrogens is 1. The molecule has 7 nitrogen and oxygen atoms in total. The van der Waals surface area contributed by atoms with Gasteiger partial charge in [-0.2, -0.15) is 0 Å². The van der Waals surface area contributed by atoms with E-state index >= 15 is 0 Å². The standard InChI is InChI=1S/C26H30N4O3S/c1-16-24(34-17(2)28-16)22(31)20-21(18-7-9-19(10-8-18)26(3,4)5)30(25(33)23(20)32)13-6-12-29-14-11-27-15-29/h7-11,14-15,21H,6,12-13H2,1-5H3,(H,31,32). The van der Waals surface area contributed by atoms with Gasteiger partial charge < -0.3 is 10.0 Å². The monoisotopic (exact) mass is 478 g/mol. The third-order valence-electron chi connectivity index (χ3n) is 6.15. The van der Waals surface area contributed by atoms with Gasteiger partial charge >= 0.3 is 0 Å². The van der Waals surface area contributed by atoms with Crippen molar-refractivity contribution in [3.63, 3.8) is 0 Å². The van der Waals surface area contributed by atoms with Crippen LogP contribution in [0.2, 0.25) is 0 Å². The molecular formula is C26H30N4O3S. The molecule has 4 rings (SSSR count). The second-order valence-electron chi connectivity index (χ2n) is 9.70. The van der Waals surface area contributed by atoms with E-state index in [9.17, 15) is 14.7 Å². The Morgan fingerprint density at radius 3 is 2.50 bits per heavy atom. The molecule has 34 heavy (non-hydrogen) atoms. The van der Waals surface area contributed by atoms with E-state index < -0.39 is 23.5 Å². The highest BCUT2D eigenvalue weighted by atomic mass is 32.1. The molecule has 1 aromatic carbocycles. The number of aromatic amines is 1. The highest BCUT2D eigenvalue weighted by molar-refractivity contribution is 7.14. The van der Waals surface area contributed by atoms with Crippen molar-refractivity contribution in [2.75, 3.05) is 6.54 Å². The maximum atomic E-state index is 13.6. The summed E-state index contributed by atoms with van der Waals surface area (Å²) in [4.78, 5) is 36.0. The number of hydrogen-bond acceptors (Lipinski definition) is 5. The molecule has 0 saturated heterocycles. The minimum Gasteiger partial charge on any atom is -0.868 e. The summed E-state index contributed by atoms with van der Waals surface area (Å²) < 4.78 is 1.98. The van der Waals surface area contributed by atoms with E-state index in [2.05, 4.69) is 30.7 Å². The quantitative estimate of drug-likeness (QED) is 0.417. The lowest BCUT2D eigenvalue weighted by molar-refractivity contribution is -0.695. The molecular weight excluding hydrogens is 448 g/mol. The fourth-order valence-electron chi connectivity index (χ4n) is 4.36. The summed E-state index contributed by atoms with van der Waals surface area (Å²) in [6.45, 7) is 11.0. The number of ketones is 1. The first-order chi connectivity index (χ1) is 16.1. The molecule has 1 atom stereocenters. The first kappa shape index (κ1) is 23.9. The van der Waals surface area contributed by atoms with Crippen molar-refractivity contribution in [1.29, 1.82) is 0 Å². The number of hydrogen-bond donors (Lipinski definition) is 1. The number of benzene rings is 1. The van der Waals surface area contributed by atoms with Crippen molar-refractivity contribution in [3.05, 3.63) is 81.0 Å². The van der Waals surface area contributed by atoms with Crippen LogP contribution in [0.4, 0.5) is 0 Å². The Kier molecular flexibility index (Phi) is 6.45. The van der Waals surface area contributed by atoms with Gasteiger partial charge in [-0.05, 0) is 36.1 Å². The van der Waals surface area contributed by atoms with Crippen molar-refractivity contribution in [1.82, 2.24) is 14.9 Å². The highest BCUT2D eigenvalue weighted by Gasteiger charge is 2.40. The number of carbonyl (C=O) groups is 2. The predicted molar refractivity (Wildman–Crippen MR) is 128 cm³/mol. The summed E-state index contributed by atoms with van der Waals surface area (Å²) in [5.74, 6) is -1.73. The molecule has 3 heterocycles. The van der Waals surface area contributed by atoms with Crippen LogP contribution >= 0.6 is 11.3 Å². The predicted octanol–water partition coefficient (Wildman–Crippen LogP) is 3.14. The zero-order chi connectivity index (χ0) is 24.6. The van der Waals surface area contributed by atoms with Crippen LogP contribution in [0.1, 0.15) is 64.7 Å². The third-order valence-corrected chi connectivity index (χ3v) is 7.22. The van der Waals surface area contributed by atoms with E-state index in [1.54, 1.807) is 11.8 Å². The van der Waals surface area contributed by atoms with Crippen LogP contribution in [0.3, 0.4) is 0 Å². The van der Waals surface area contributed by atoms with E-state index in [0.29, 0.717) is 30.1 Å². The number of nitrogens with one attached hydrogen (secondary N) is 1. The second kappa shape index (κ2) is 9.18. The van der Waals surface area contributed by atoms with Crippen LogP contribution in [0, 0.1) is 13.8 Å². The van der Waals surface area contributed by atoms with Crippen LogP contribution in [0.25, 0.3) is 0 Å². The van der Waals surface area contributed by atoms with Crippen LogP contribution < -0.4 is 9.67 Å². The number of aryl methyl sites for hydroxylation is 3. The lowest BCUT2D eigenvalue weighted by Gasteiger charge is -2.28. The Bertz CT molecular complexity index is 1230. The number of Topliss-reactive ketones (excluding diaryl/α,β-unsaturated/α-hetero) is 1. The molecule has 1 aliphatic rings. The van der Waals surface area contributed by atoms with Crippen molar-refractivity contribution in [3.8, 4) is 0 Å². The summed E-state index contributed by atoms with van der Waals surface area (Å²) in [6, 6.07) is 7.19. The number of carbonyl (C=O) groups excluding carboxylic acids is 2. The number of imidazole rings is 1. The summed E-state index contributed by atoms with van der Waals surface area (Å²) in [5, 5.41) is 13.9. The number of thiazole rings is 1. The van der Waals surface area contributed by atoms with Gasteiger partial charge in [0.1, 0.15) is 12.4 Å². The molecule has 2 aromatic heterocycles. The Labute approximate surface area is 203 Å². The molecule has 1 N–H and O–H groups in total. The molecule has 1 aliphatic heterocycles. The molecule has 178 valence electrons. The topological polar surface area (TPSA) is 93.0 Å². The Balaban J connectivity index is 1.71. The van der Waals surface area contributed by atoms with Gasteiger partial charge in [0.25, 0.3) is 0 Å². The zero-order valence-electron chi connectivity index (χ0n) is 20.2. The van der Waals surface area contributed by atoms with Gasteiger partial charge in [0, 0.05) is 18.5 Å². The maximum Gasteiger partial charge on any atom is 0.241 e. The van der Waals surface area contributed by atoms with Crippen molar-refractivity contribution in [2.24, 2.45) is 0 Å². The summed E-state index contributed by atoms with van der Waals surface area (Å²) >= 11 is 1.26. The Morgan fingerprint density at radius 2 is 1.94 bits per heavy atom. The second-order valence-corrected chi connectivity index (χ2v) is 10.9. The molecule has 0 bridgehead atoms. The van der Waals surface area contributed by atoms with E-state index in [4.69, 9.17) is 0 Å². The zero-order valence-corrected chi connectivity index (χ0v) is 21.0. The van der Waals surface area contributed by atoms with E-state index in [0.717, 1.165) is 16.1 Å². The average Bonchev–Trinajstić information content (AvgIpc) is 3.48. The lowest BCUT2D eigenvalue weighted by Crippen LogP contribution is -2.37. The van der Waals surface area contributed by atoms with E-state index in [-0.39, 0.29) is 11.0 Å².